The van der Waals surface area contributed by atoms with E-state index in [1.54, 1.807) is 6.92 Å². The van der Waals surface area contributed by atoms with Crippen LogP contribution in [0.25, 0.3) is 0 Å². The number of ether oxygens (including phenoxy) is 1. The van der Waals surface area contributed by atoms with Gasteiger partial charge in [0.25, 0.3) is 5.69 Å². The Hall–Kier alpha value is -1.69. The molecule has 0 aromatic heterocycles. The topological polar surface area (TPSA) is 64.4 Å². The normalized spacial score (nSPS) is 19.2. The van der Waals surface area contributed by atoms with Crippen LogP contribution in [0.15, 0.2) is 12.1 Å². The number of hydrogen-bond donors (Lipinski definition) is 1. The zero-order chi connectivity index (χ0) is 13.8. The Balaban J connectivity index is 2.04. The maximum atomic E-state index is 13.7. The van der Waals surface area contributed by atoms with Crippen molar-refractivity contribution in [2.24, 2.45) is 5.92 Å². The molecule has 0 saturated carbocycles. The summed E-state index contributed by atoms with van der Waals surface area (Å²) in [7, 11) is 0. The summed E-state index contributed by atoms with van der Waals surface area (Å²) >= 11 is 0. The minimum atomic E-state index is -0.680. The van der Waals surface area contributed by atoms with Crippen LogP contribution in [-0.2, 0) is 0 Å². The van der Waals surface area contributed by atoms with Crippen LogP contribution in [0.2, 0.25) is 0 Å². The third-order valence-corrected chi connectivity index (χ3v) is 3.32. The lowest BCUT2D eigenvalue weighted by molar-refractivity contribution is -0.385. The maximum absolute atomic E-state index is 13.7. The van der Waals surface area contributed by atoms with Crippen molar-refractivity contribution in [3.63, 3.8) is 0 Å². The summed E-state index contributed by atoms with van der Waals surface area (Å²) in [6, 6.07) is 2.31. The van der Waals surface area contributed by atoms with Gasteiger partial charge < -0.3 is 10.1 Å². The fourth-order valence-corrected chi connectivity index (χ4v) is 2.23. The highest BCUT2D eigenvalue weighted by Crippen LogP contribution is 2.27. The van der Waals surface area contributed by atoms with Gasteiger partial charge in [-0.3, -0.25) is 10.1 Å². The first-order valence-electron chi connectivity index (χ1n) is 6.36. The molecule has 5 nitrogen and oxygen atoms in total. The Morgan fingerprint density at radius 1 is 1.58 bits per heavy atom. The first-order chi connectivity index (χ1) is 9.08. The number of nitro groups is 1. The van der Waals surface area contributed by atoms with Gasteiger partial charge in [0.2, 0.25) is 0 Å². The highest BCUT2D eigenvalue weighted by molar-refractivity contribution is 5.45. The monoisotopic (exact) mass is 268 g/mol. The molecule has 19 heavy (non-hydrogen) atoms. The van der Waals surface area contributed by atoms with E-state index in [0.717, 1.165) is 32.0 Å². The van der Waals surface area contributed by atoms with Gasteiger partial charge in [0.15, 0.2) is 11.6 Å². The molecule has 1 fully saturated rings. The Labute approximate surface area is 110 Å². The van der Waals surface area contributed by atoms with E-state index in [9.17, 15) is 14.5 Å². The quantitative estimate of drug-likeness (QED) is 0.672. The number of piperidine rings is 1. The zero-order valence-corrected chi connectivity index (χ0v) is 10.8. The molecule has 0 amide bonds. The van der Waals surface area contributed by atoms with Gasteiger partial charge in [0, 0.05) is 18.0 Å². The Morgan fingerprint density at radius 3 is 3.00 bits per heavy atom. The molecule has 1 aromatic carbocycles. The predicted octanol–water partition coefficient (Wildman–Crippen LogP) is 2.42. The van der Waals surface area contributed by atoms with E-state index in [1.165, 1.54) is 6.07 Å². The van der Waals surface area contributed by atoms with Crippen molar-refractivity contribution in [3.8, 4) is 5.75 Å². The maximum Gasteiger partial charge on any atom is 0.275 e. The van der Waals surface area contributed by atoms with Gasteiger partial charge in [-0.2, -0.15) is 0 Å². The van der Waals surface area contributed by atoms with Crippen molar-refractivity contribution in [2.75, 3.05) is 19.7 Å². The highest BCUT2D eigenvalue weighted by atomic mass is 19.1. The molecule has 0 aliphatic carbocycles. The standard InChI is InChI=1S/C13H17FN2O3/c1-9-5-13(11(14)6-12(9)16(17)18)19-8-10-3-2-4-15-7-10/h5-6,10,15H,2-4,7-8H2,1H3. The SMILES string of the molecule is Cc1cc(OCC2CCCNC2)c(F)cc1[N+](=O)[O-]. The third-order valence-electron chi connectivity index (χ3n) is 3.32. The van der Waals surface area contributed by atoms with Crippen LogP contribution in [0.5, 0.6) is 5.75 Å². The molecule has 6 heteroatoms. The molecule has 1 aromatic rings. The summed E-state index contributed by atoms with van der Waals surface area (Å²) in [6.45, 7) is 3.89. The first kappa shape index (κ1) is 13.7. The number of nitrogens with zero attached hydrogens (tertiary/aromatic N) is 1. The van der Waals surface area contributed by atoms with Gasteiger partial charge in [-0.25, -0.2) is 4.39 Å². The van der Waals surface area contributed by atoms with Crippen molar-refractivity contribution < 1.29 is 14.1 Å². The van der Waals surface area contributed by atoms with Crippen molar-refractivity contribution in [3.05, 3.63) is 33.6 Å². The third kappa shape index (κ3) is 3.41. The first-order valence-corrected chi connectivity index (χ1v) is 6.36. The number of rotatable bonds is 4. The summed E-state index contributed by atoms with van der Waals surface area (Å²) in [5, 5.41) is 13.9. The average Bonchev–Trinajstić information content (AvgIpc) is 2.40. The fourth-order valence-electron chi connectivity index (χ4n) is 2.23. The number of halogens is 1. The van der Waals surface area contributed by atoms with Gasteiger partial charge in [-0.15, -0.1) is 0 Å². The number of aryl methyl sites for hydroxylation is 1. The van der Waals surface area contributed by atoms with Crippen molar-refractivity contribution in [1.29, 1.82) is 0 Å². The lowest BCUT2D eigenvalue weighted by atomic mass is 10.0. The molecular weight excluding hydrogens is 251 g/mol. The summed E-state index contributed by atoms with van der Waals surface area (Å²) in [6.07, 6.45) is 2.15. The van der Waals surface area contributed by atoms with Crippen LogP contribution >= 0.6 is 0 Å². The lowest BCUT2D eigenvalue weighted by Gasteiger charge is -2.22. The number of hydrogen-bond acceptors (Lipinski definition) is 4. The van der Waals surface area contributed by atoms with Crippen molar-refractivity contribution in [2.45, 2.75) is 19.8 Å². The molecule has 0 spiro atoms. The van der Waals surface area contributed by atoms with Gasteiger partial charge in [-0.05, 0) is 32.4 Å². The van der Waals surface area contributed by atoms with E-state index in [1.807, 2.05) is 0 Å². The largest absolute Gasteiger partial charge is 0.490 e. The van der Waals surface area contributed by atoms with Gasteiger partial charge in [-0.1, -0.05) is 0 Å². The summed E-state index contributed by atoms with van der Waals surface area (Å²) in [4.78, 5) is 10.1. The number of nitrogens with one attached hydrogen (secondary N) is 1. The second-order valence-electron chi connectivity index (χ2n) is 4.85. The van der Waals surface area contributed by atoms with Gasteiger partial charge >= 0.3 is 0 Å². The van der Waals surface area contributed by atoms with Gasteiger partial charge in [0.05, 0.1) is 17.6 Å². The van der Waals surface area contributed by atoms with Crippen LogP contribution in [0.3, 0.4) is 0 Å². The Kier molecular flexibility index (Phi) is 4.31. The van der Waals surface area contributed by atoms with E-state index < -0.39 is 10.7 Å². The second kappa shape index (κ2) is 5.97. The van der Waals surface area contributed by atoms with Crippen LogP contribution in [0, 0.1) is 28.8 Å². The number of benzene rings is 1. The minimum absolute atomic E-state index is 0.0914. The van der Waals surface area contributed by atoms with Crippen LogP contribution in [-0.4, -0.2) is 24.6 Å². The van der Waals surface area contributed by atoms with E-state index in [4.69, 9.17) is 4.74 Å². The molecule has 1 atom stereocenters. The van der Waals surface area contributed by atoms with Crippen LogP contribution in [0.1, 0.15) is 18.4 Å². The van der Waals surface area contributed by atoms with E-state index in [-0.39, 0.29) is 11.4 Å². The predicted molar refractivity (Wildman–Crippen MR) is 68.9 cm³/mol. The van der Waals surface area contributed by atoms with Gasteiger partial charge in [0.1, 0.15) is 0 Å². The van der Waals surface area contributed by atoms with E-state index >= 15 is 0 Å². The zero-order valence-electron chi connectivity index (χ0n) is 10.8. The summed E-state index contributed by atoms with van der Waals surface area (Å²) in [5.41, 5.74) is 0.187. The smallest absolute Gasteiger partial charge is 0.275 e. The molecule has 1 aliphatic rings. The Morgan fingerprint density at radius 2 is 2.37 bits per heavy atom. The highest BCUT2D eigenvalue weighted by Gasteiger charge is 2.18. The molecule has 2 rings (SSSR count). The van der Waals surface area contributed by atoms with E-state index in [2.05, 4.69) is 5.32 Å². The minimum Gasteiger partial charge on any atom is -0.490 e. The summed E-state index contributed by atoms with van der Waals surface area (Å²) in [5.74, 6) is -0.224. The van der Waals surface area contributed by atoms with Crippen LogP contribution in [0.4, 0.5) is 10.1 Å². The molecule has 0 radical (unpaired) electrons. The second-order valence-corrected chi connectivity index (χ2v) is 4.85. The Bertz CT molecular complexity index is 473. The molecule has 1 N–H and O–H groups in total. The molecular formula is C13H17FN2O3. The molecule has 1 heterocycles. The molecule has 104 valence electrons. The molecule has 0 bridgehead atoms. The fraction of sp³-hybridized carbons (Fsp3) is 0.538. The average molecular weight is 268 g/mol. The number of nitro benzene ring substituents is 1. The van der Waals surface area contributed by atoms with Crippen molar-refractivity contribution in [1.82, 2.24) is 5.32 Å². The van der Waals surface area contributed by atoms with Crippen molar-refractivity contribution >= 4 is 5.69 Å². The lowest BCUT2D eigenvalue weighted by Crippen LogP contribution is -2.33. The molecule has 1 unspecified atom stereocenters. The molecule has 1 aliphatic heterocycles. The van der Waals surface area contributed by atoms with E-state index in [0.29, 0.717) is 18.1 Å². The van der Waals surface area contributed by atoms with Crippen LogP contribution < -0.4 is 10.1 Å². The molecule has 1 saturated heterocycles. The summed E-state index contributed by atoms with van der Waals surface area (Å²) < 4.78 is 19.2.